The molecule has 0 bridgehead atoms. The maximum atomic E-state index is 12.8. The fourth-order valence-electron chi connectivity index (χ4n) is 5.18. The number of rotatable bonds is 9. The summed E-state index contributed by atoms with van der Waals surface area (Å²) in [7, 11) is 1.72. The van der Waals surface area contributed by atoms with Gasteiger partial charge in [0.25, 0.3) is 5.91 Å². The van der Waals surface area contributed by atoms with E-state index in [9.17, 15) is 4.79 Å². The average Bonchev–Trinajstić information content (AvgIpc) is 3.66. The predicted octanol–water partition coefficient (Wildman–Crippen LogP) is 5.44. The van der Waals surface area contributed by atoms with E-state index in [2.05, 4.69) is 47.1 Å². The van der Waals surface area contributed by atoms with Crippen molar-refractivity contribution in [2.24, 2.45) is 11.8 Å². The van der Waals surface area contributed by atoms with Crippen LogP contribution in [0.15, 0.2) is 48.5 Å². The third kappa shape index (κ3) is 5.52. The zero-order chi connectivity index (χ0) is 23.4. The predicted molar refractivity (Wildman–Crippen MR) is 136 cm³/mol. The third-order valence-corrected chi connectivity index (χ3v) is 7.26. The fraction of sp³-hybridized carbons (Fsp3) is 0.536. The van der Waals surface area contributed by atoms with Gasteiger partial charge in [-0.1, -0.05) is 13.0 Å². The van der Waals surface area contributed by atoms with E-state index in [1.807, 2.05) is 36.9 Å². The smallest absolute Gasteiger partial charge is 0.253 e. The van der Waals surface area contributed by atoms with Gasteiger partial charge in [-0.05, 0) is 81.3 Å². The number of benzene rings is 2. The average molecular weight is 450 g/mol. The quantitative estimate of drug-likeness (QED) is 0.511. The van der Waals surface area contributed by atoms with E-state index in [1.54, 1.807) is 7.11 Å². The number of nitrogens with zero attached hydrogens (tertiary/aromatic N) is 3. The molecule has 2 fully saturated rings. The number of carbonyl (C=O) groups excluding carboxylic acids is 1. The first-order valence-electron chi connectivity index (χ1n) is 12.6. The van der Waals surface area contributed by atoms with E-state index >= 15 is 0 Å². The van der Waals surface area contributed by atoms with Gasteiger partial charge in [0.15, 0.2) is 0 Å². The molecule has 2 aliphatic rings. The summed E-state index contributed by atoms with van der Waals surface area (Å²) in [4.78, 5) is 19.8. The molecule has 2 aromatic rings. The monoisotopic (exact) mass is 449 g/mol. The zero-order valence-corrected chi connectivity index (χ0v) is 20.7. The number of hydrogen-bond acceptors (Lipinski definition) is 4. The lowest BCUT2D eigenvalue weighted by molar-refractivity contribution is 0.0773. The molecular weight excluding hydrogens is 410 g/mol. The van der Waals surface area contributed by atoms with Gasteiger partial charge in [0.2, 0.25) is 0 Å². The standard InChI is InChI=1S/C28H39N3O2/c1-5-30(6-2)28(32)23-12-14-24(15-13-23)31(25-8-7-9-26(18-25)33-4)27-16-17-29(19-21(27)3)20-22-10-11-22/h7-9,12-15,18,21-22,27H,5-6,10-11,16-17,19-20H2,1-4H3/t21-,27+/m1/s1. The van der Waals surface area contributed by atoms with E-state index < -0.39 is 0 Å². The Labute approximate surface area is 199 Å². The lowest BCUT2D eigenvalue weighted by Crippen LogP contribution is -2.49. The lowest BCUT2D eigenvalue weighted by Gasteiger charge is -2.44. The van der Waals surface area contributed by atoms with Crippen LogP contribution in [-0.4, -0.2) is 61.6 Å². The number of carbonyl (C=O) groups is 1. The summed E-state index contributed by atoms with van der Waals surface area (Å²) in [5.74, 6) is 2.44. The Morgan fingerprint density at radius 2 is 1.76 bits per heavy atom. The number of amides is 1. The second-order valence-electron chi connectivity index (χ2n) is 9.63. The summed E-state index contributed by atoms with van der Waals surface area (Å²) in [5.41, 5.74) is 3.02. The third-order valence-electron chi connectivity index (χ3n) is 7.26. The van der Waals surface area contributed by atoms with Crippen LogP contribution in [0.1, 0.15) is 50.4 Å². The molecule has 1 amide bonds. The summed E-state index contributed by atoms with van der Waals surface area (Å²) in [5, 5.41) is 0. The Bertz CT molecular complexity index is 921. The highest BCUT2D eigenvalue weighted by molar-refractivity contribution is 5.94. The number of methoxy groups -OCH3 is 1. The number of likely N-dealkylation sites (tertiary alicyclic amines) is 1. The van der Waals surface area contributed by atoms with Crippen LogP contribution in [0.4, 0.5) is 11.4 Å². The molecule has 33 heavy (non-hydrogen) atoms. The van der Waals surface area contributed by atoms with Gasteiger partial charge in [-0.15, -0.1) is 0 Å². The molecule has 4 rings (SSSR count). The number of hydrogen-bond donors (Lipinski definition) is 0. The van der Waals surface area contributed by atoms with Gasteiger partial charge in [0.1, 0.15) is 5.75 Å². The van der Waals surface area contributed by atoms with Crippen LogP contribution in [0.25, 0.3) is 0 Å². The van der Waals surface area contributed by atoms with Crippen LogP contribution in [-0.2, 0) is 0 Å². The van der Waals surface area contributed by atoms with Crippen molar-refractivity contribution in [3.8, 4) is 5.75 Å². The molecule has 1 aliphatic heterocycles. The normalized spacial score (nSPS) is 21.0. The second-order valence-corrected chi connectivity index (χ2v) is 9.63. The molecule has 1 saturated heterocycles. The summed E-state index contributed by atoms with van der Waals surface area (Å²) < 4.78 is 5.54. The first-order chi connectivity index (χ1) is 16.0. The minimum Gasteiger partial charge on any atom is -0.497 e. The second kappa shape index (κ2) is 10.6. The van der Waals surface area contributed by atoms with Crippen LogP contribution in [0.3, 0.4) is 0 Å². The highest BCUT2D eigenvalue weighted by atomic mass is 16.5. The summed E-state index contributed by atoms with van der Waals surface area (Å²) >= 11 is 0. The van der Waals surface area contributed by atoms with Gasteiger partial charge in [-0.3, -0.25) is 4.79 Å². The van der Waals surface area contributed by atoms with Crippen molar-refractivity contribution in [3.63, 3.8) is 0 Å². The Balaban J connectivity index is 1.61. The van der Waals surface area contributed by atoms with E-state index in [0.29, 0.717) is 12.0 Å². The van der Waals surface area contributed by atoms with Crippen molar-refractivity contribution >= 4 is 17.3 Å². The van der Waals surface area contributed by atoms with Gasteiger partial charge in [-0.25, -0.2) is 0 Å². The van der Waals surface area contributed by atoms with Crippen molar-refractivity contribution in [1.82, 2.24) is 9.80 Å². The zero-order valence-electron chi connectivity index (χ0n) is 20.7. The minimum absolute atomic E-state index is 0.0984. The molecule has 0 radical (unpaired) electrons. The van der Waals surface area contributed by atoms with Crippen molar-refractivity contribution in [3.05, 3.63) is 54.1 Å². The first kappa shape index (κ1) is 23.6. The number of anilines is 2. The van der Waals surface area contributed by atoms with Crippen molar-refractivity contribution in [1.29, 1.82) is 0 Å². The van der Waals surface area contributed by atoms with Crippen LogP contribution >= 0.6 is 0 Å². The maximum absolute atomic E-state index is 12.8. The van der Waals surface area contributed by atoms with Crippen LogP contribution in [0, 0.1) is 11.8 Å². The molecule has 0 spiro atoms. The molecule has 1 heterocycles. The van der Waals surface area contributed by atoms with Gasteiger partial charge >= 0.3 is 0 Å². The summed E-state index contributed by atoms with van der Waals surface area (Å²) in [6.45, 7) is 11.4. The first-order valence-corrected chi connectivity index (χ1v) is 12.6. The fourth-order valence-corrected chi connectivity index (χ4v) is 5.18. The lowest BCUT2D eigenvalue weighted by atomic mass is 9.91. The van der Waals surface area contributed by atoms with Crippen molar-refractivity contribution in [2.75, 3.05) is 44.7 Å². The van der Waals surface area contributed by atoms with Crippen LogP contribution < -0.4 is 9.64 Å². The van der Waals surface area contributed by atoms with E-state index in [1.165, 1.54) is 19.4 Å². The molecule has 0 aromatic heterocycles. The Morgan fingerprint density at radius 1 is 1.03 bits per heavy atom. The number of piperidine rings is 1. The van der Waals surface area contributed by atoms with Crippen LogP contribution in [0.2, 0.25) is 0 Å². The van der Waals surface area contributed by atoms with Crippen molar-refractivity contribution < 1.29 is 9.53 Å². The topological polar surface area (TPSA) is 36.0 Å². The molecule has 0 N–H and O–H groups in total. The molecule has 0 unspecified atom stereocenters. The van der Waals surface area contributed by atoms with Crippen molar-refractivity contribution in [2.45, 2.75) is 46.1 Å². The van der Waals surface area contributed by atoms with E-state index in [0.717, 1.165) is 61.2 Å². The van der Waals surface area contributed by atoms with Crippen LogP contribution in [0.5, 0.6) is 5.75 Å². The van der Waals surface area contributed by atoms with Gasteiger partial charge in [-0.2, -0.15) is 0 Å². The molecular formula is C28H39N3O2. The Kier molecular flexibility index (Phi) is 7.59. The SMILES string of the molecule is CCN(CC)C(=O)c1ccc(N(c2cccc(OC)c2)[C@H]2CCN(CC3CC3)C[C@H]2C)cc1. The largest absolute Gasteiger partial charge is 0.497 e. The minimum atomic E-state index is 0.0984. The molecule has 2 aromatic carbocycles. The maximum Gasteiger partial charge on any atom is 0.253 e. The van der Waals surface area contributed by atoms with E-state index in [-0.39, 0.29) is 5.91 Å². The van der Waals surface area contributed by atoms with Gasteiger partial charge < -0.3 is 19.4 Å². The van der Waals surface area contributed by atoms with Gasteiger partial charge in [0.05, 0.1) is 7.11 Å². The molecule has 1 aliphatic carbocycles. The van der Waals surface area contributed by atoms with E-state index in [4.69, 9.17) is 4.74 Å². The summed E-state index contributed by atoms with van der Waals surface area (Å²) in [6, 6.07) is 16.9. The molecule has 5 heteroatoms. The van der Waals surface area contributed by atoms with Gasteiger partial charge in [0, 0.05) is 61.8 Å². The highest BCUT2D eigenvalue weighted by Gasteiger charge is 2.34. The Hall–Kier alpha value is -2.53. The number of ether oxygens (including phenoxy) is 1. The molecule has 5 nitrogen and oxygen atoms in total. The Morgan fingerprint density at radius 3 is 2.36 bits per heavy atom. The summed E-state index contributed by atoms with van der Waals surface area (Å²) in [6.07, 6.45) is 3.94. The molecule has 1 saturated carbocycles. The highest BCUT2D eigenvalue weighted by Crippen LogP contribution is 2.37. The molecule has 2 atom stereocenters. The molecule has 178 valence electrons.